The molecule has 6 rings (SSSR count). The van der Waals surface area contributed by atoms with Gasteiger partial charge in [0.15, 0.2) is 0 Å². The summed E-state index contributed by atoms with van der Waals surface area (Å²) in [6.45, 7) is 3.14. The van der Waals surface area contributed by atoms with Crippen molar-refractivity contribution in [2.24, 2.45) is 5.92 Å². The quantitative estimate of drug-likeness (QED) is 0.489. The van der Waals surface area contributed by atoms with Crippen LogP contribution in [0.15, 0.2) is 73.1 Å². The van der Waals surface area contributed by atoms with Gasteiger partial charge < -0.3 is 19.9 Å². The highest BCUT2D eigenvalue weighted by Crippen LogP contribution is 2.30. The van der Waals surface area contributed by atoms with E-state index in [0.717, 1.165) is 43.6 Å². The van der Waals surface area contributed by atoms with Gasteiger partial charge in [0.2, 0.25) is 0 Å². The Kier molecular flexibility index (Phi) is 7.13. The summed E-state index contributed by atoms with van der Waals surface area (Å²) in [4.78, 5) is 30.5. The standard InChI is InChI=1S/C28H29N3O5/c32-27(33)23-13-19(15-29-16-23)18-35-24-8-4-7-22(14-24)26(21-5-2-1-3-6-21)30-28(34)36-25-17-31-11-9-20(25)10-12-31/h1-8,13-16,20,25-26H,9-12,17-18H2,(H,30,34)(H,32,33)/t25?,26-/m0/s1. The molecule has 1 unspecified atom stereocenters. The number of alkyl carbamates (subject to hydrolysis) is 1. The second-order valence-electron chi connectivity index (χ2n) is 9.32. The van der Waals surface area contributed by atoms with E-state index in [9.17, 15) is 14.7 Å². The molecule has 186 valence electrons. The fraction of sp³-hybridized carbons (Fsp3) is 0.321. The van der Waals surface area contributed by atoms with Crippen LogP contribution < -0.4 is 10.1 Å². The number of nitrogens with zero attached hydrogens (tertiary/aromatic N) is 2. The molecule has 3 aromatic rings. The minimum absolute atomic E-state index is 0.0752. The van der Waals surface area contributed by atoms with Crippen LogP contribution in [0.2, 0.25) is 0 Å². The fourth-order valence-electron chi connectivity index (χ4n) is 4.97. The number of aromatic carboxylic acids is 1. The van der Waals surface area contributed by atoms with Gasteiger partial charge in [-0.05, 0) is 61.2 Å². The number of piperidine rings is 3. The molecule has 3 aliphatic heterocycles. The topological polar surface area (TPSA) is 101 Å². The molecule has 8 nitrogen and oxygen atoms in total. The lowest BCUT2D eigenvalue weighted by Crippen LogP contribution is -2.52. The van der Waals surface area contributed by atoms with E-state index < -0.39 is 18.1 Å². The molecule has 0 radical (unpaired) electrons. The first-order chi connectivity index (χ1) is 17.5. The SMILES string of the molecule is O=C(N[C@@H](c1ccccc1)c1cccc(OCc2cncc(C(=O)O)c2)c1)OC1CN2CCC1CC2. The number of aromatic nitrogens is 1. The summed E-state index contributed by atoms with van der Waals surface area (Å²) >= 11 is 0. The van der Waals surface area contributed by atoms with Crippen LogP contribution in [0.25, 0.3) is 0 Å². The number of ether oxygens (including phenoxy) is 2. The average molecular weight is 488 g/mol. The molecule has 0 saturated carbocycles. The third kappa shape index (κ3) is 5.66. The molecule has 4 heterocycles. The molecular weight excluding hydrogens is 458 g/mol. The number of pyridine rings is 1. The zero-order chi connectivity index (χ0) is 24.9. The minimum Gasteiger partial charge on any atom is -0.489 e. The molecule has 3 saturated heterocycles. The Morgan fingerprint density at radius 3 is 2.53 bits per heavy atom. The molecule has 1 amide bonds. The largest absolute Gasteiger partial charge is 0.489 e. The number of hydrogen-bond acceptors (Lipinski definition) is 6. The summed E-state index contributed by atoms with van der Waals surface area (Å²) in [7, 11) is 0. The van der Waals surface area contributed by atoms with Gasteiger partial charge in [0.05, 0.1) is 11.6 Å². The molecular formula is C28H29N3O5. The van der Waals surface area contributed by atoms with Gasteiger partial charge in [-0.2, -0.15) is 0 Å². The average Bonchev–Trinajstić information content (AvgIpc) is 2.92. The monoisotopic (exact) mass is 487 g/mol. The van der Waals surface area contributed by atoms with Crippen molar-refractivity contribution in [3.63, 3.8) is 0 Å². The van der Waals surface area contributed by atoms with Gasteiger partial charge in [0.1, 0.15) is 18.5 Å². The van der Waals surface area contributed by atoms with E-state index in [-0.39, 0.29) is 18.3 Å². The molecule has 36 heavy (non-hydrogen) atoms. The highest BCUT2D eigenvalue weighted by atomic mass is 16.6. The third-order valence-corrected chi connectivity index (χ3v) is 6.89. The Morgan fingerprint density at radius 1 is 1.03 bits per heavy atom. The Balaban J connectivity index is 1.30. The fourth-order valence-corrected chi connectivity index (χ4v) is 4.97. The molecule has 1 aromatic heterocycles. The number of fused-ring (bicyclic) bond motifs is 3. The molecule has 2 aromatic carbocycles. The Bertz CT molecular complexity index is 1210. The van der Waals surface area contributed by atoms with Crippen molar-refractivity contribution in [2.75, 3.05) is 19.6 Å². The summed E-state index contributed by atoms with van der Waals surface area (Å²) in [5, 5.41) is 12.2. The van der Waals surface area contributed by atoms with Gasteiger partial charge in [-0.25, -0.2) is 9.59 Å². The molecule has 0 aliphatic carbocycles. The first-order valence-electron chi connectivity index (χ1n) is 12.2. The lowest BCUT2D eigenvalue weighted by Gasteiger charge is -2.43. The second kappa shape index (κ2) is 10.8. The highest BCUT2D eigenvalue weighted by Gasteiger charge is 2.36. The van der Waals surface area contributed by atoms with Crippen molar-refractivity contribution < 1.29 is 24.2 Å². The van der Waals surface area contributed by atoms with Gasteiger partial charge in [-0.15, -0.1) is 0 Å². The van der Waals surface area contributed by atoms with Crippen molar-refractivity contribution in [3.05, 3.63) is 95.3 Å². The summed E-state index contributed by atoms with van der Waals surface area (Å²) in [6, 6.07) is 18.4. The van der Waals surface area contributed by atoms with Crippen LogP contribution in [-0.2, 0) is 11.3 Å². The molecule has 2 atom stereocenters. The van der Waals surface area contributed by atoms with Crippen molar-refractivity contribution in [1.29, 1.82) is 0 Å². The molecule has 3 aliphatic rings. The molecule has 2 bridgehead atoms. The van der Waals surface area contributed by atoms with E-state index in [4.69, 9.17) is 9.47 Å². The van der Waals surface area contributed by atoms with Crippen molar-refractivity contribution >= 4 is 12.1 Å². The zero-order valence-corrected chi connectivity index (χ0v) is 19.9. The predicted octanol–water partition coefficient (Wildman–Crippen LogP) is 4.27. The van der Waals surface area contributed by atoms with Gasteiger partial charge >= 0.3 is 12.1 Å². The van der Waals surface area contributed by atoms with Crippen molar-refractivity contribution in [2.45, 2.75) is 31.6 Å². The maximum absolute atomic E-state index is 13.0. The number of carboxylic acid groups (broad SMARTS) is 1. The van der Waals surface area contributed by atoms with Crippen LogP contribution in [0.5, 0.6) is 5.75 Å². The number of rotatable bonds is 8. The normalized spacial score (nSPS) is 21.4. The van der Waals surface area contributed by atoms with Crippen LogP contribution in [0, 0.1) is 5.92 Å². The Hall–Kier alpha value is -3.91. The summed E-state index contributed by atoms with van der Waals surface area (Å²) < 4.78 is 11.8. The summed E-state index contributed by atoms with van der Waals surface area (Å²) in [5.41, 5.74) is 2.54. The van der Waals surface area contributed by atoms with E-state index in [1.807, 2.05) is 54.6 Å². The number of hydrogen-bond donors (Lipinski definition) is 2. The first kappa shape index (κ1) is 23.8. The van der Waals surface area contributed by atoms with E-state index in [0.29, 0.717) is 17.2 Å². The van der Waals surface area contributed by atoms with Crippen LogP contribution in [-0.4, -0.2) is 52.8 Å². The predicted molar refractivity (Wildman–Crippen MR) is 133 cm³/mol. The Morgan fingerprint density at radius 2 is 1.81 bits per heavy atom. The van der Waals surface area contributed by atoms with Gasteiger partial charge in [0.25, 0.3) is 0 Å². The summed E-state index contributed by atoms with van der Waals surface area (Å²) in [6.07, 6.45) is 4.53. The van der Waals surface area contributed by atoms with Crippen molar-refractivity contribution in [3.8, 4) is 5.75 Å². The molecule has 2 N–H and O–H groups in total. The van der Waals surface area contributed by atoms with E-state index in [2.05, 4.69) is 15.2 Å². The van der Waals surface area contributed by atoms with Crippen molar-refractivity contribution in [1.82, 2.24) is 15.2 Å². The lowest BCUT2D eigenvalue weighted by molar-refractivity contribution is -0.0336. The number of carbonyl (C=O) groups excluding carboxylic acids is 1. The number of benzene rings is 2. The maximum atomic E-state index is 13.0. The van der Waals surface area contributed by atoms with Gasteiger partial charge in [-0.3, -0.25) is 9.88 Å². The first-order valence-corrected chi connectivity index (χ1v) is 12.2. The second-order valence-corrected chi connectivity index (χ2v) is 9.32. The molecule has 0 spiro atoms. The number of amides is 1. The minimum atomic E-state index is -1.03. The van der Waals surface area contributed by atoms with Crippen LogP contribution in [0.4, 0.5) is 4.79 Å². The molecule has 8 heteroatoms. The Labute approximate surface area is 209 Å². The number of carbonyl (C=O) groups is 2. The lowest BCUT2D eigenvalue weighted by atomic mass is 9.86. The maximum Gasteiger partial charge on any atom is 0.408 e. The number of carboxylic acids is 1. The van der Waals surface area contributed by atoms with Crippen LogP contribution in [0.3, 0.4) is 0 Å². The molecule has 3 fully saturated rings. The van der Waals surface area contributed by atoms with E-state index >= 15 is 0 Å². The smallest absolute Gasteiger partial charge is 0.408 e. The van der Waals surface area contributed by atoms with Crippen LogP contribution in [0.1, 0.15) is 45.9 Å². The van der Waals surface area contributed by atoms with E-state index in [1.165, 1.54) is 12.3 Å². The zero-order valence-electron chi connectivity index (χ0n) is 19.9. The van der Waals surface area contributed by atoms with Crippen LogP contribution >= 0.6 is 0 Å². The van der Waals surface area contributed by atoms with Gasteiger partial charge in [0, 0.05) is 24.5 Å². The summed E-state index contributed by atoms with van der Waals surface area (Å²) in [5.74, 6) is -0.00302. The van der Waals surface area contributed by atoms with E-state index in [1.54, 1.807) is 6.20 Å². The highest BCUT2D eigenvalue weighted by molar-refractivity contribution is 5.87. The van der Waals surface area contributed by atoms with Gasteiger partial charge in [-0.1, -0.05) is 42.5 Å². The third-order valence-electron chi connectivity index (χ3n) is 6.89. The number of nitrogens with one attached hydrogen (secondary N) is 1.